The van der Waals surface area contributed by atoms with Gasteiger partial charge in [0.15, 0.2) is 0 Å². The van der Waals surface area contributed by atoms with Crippen LogP contribution in [0.25, 0.3) is 0 Å². The maximum absolute atomic E-state index is 12.4. The van der Waals surface area contributed by atoms with E-state index in [1.165, 1.54) is 6.92 Å². The quantitative estimate of drug-likeness (QED) is 0.676. The normalized spacial score (nSPS) is 13.4. The van der Waals surface area contributed by atoms with Gasteiger partial charge in [-0.3, -0.25) is 4.79 Å². The summed E-state index contributed by atoms with van der Waals surface area (Å²) < 4.78 is 52.0. The largest absolute Gasteiger partial charge is 0.497 e. The minimum absolute atomic E-state index is 0.439. The molecule has 0 fully saturated rings. The number of rotatable bonds is 9. The molecule has 0 aliphatic carbocycles. The van der Waals surface area contributed by atoms with E-state index in [2.05, 4.69) is 10.1 Å². The van der Waals surface area contributed by atoms with Crippen LogP contribution in [-0.4, -0.2) is 39.0 Å². The van der Waals surface area contributed by atoms with Crippen LogP contribution in [-0.2, 0) is 16.0 Å². The Bertz CT molecular complexity index is 776. The molecule has 0 aliphatic rings. The van der Waals surface area contributed by atoms with Gasteiger partial charge in [-0.15, -0.1) is 0 Å². The lowest BCUT2D eigenvalue weighted by Crippen LogP contribution is -2.39. The van der Waals surface area contributed by atoms with Crippen LogP contribution < -0.4 is 14.8 Å². The summed E-state index contributed by atoms with van der Waals surface area (Å²) in [7, 11) is 3.11. The predicted octanol–water partition coefficient (Wildman–Crippen LogP) is 4.07. The second-order valence-corrected chi connectivity index (χ2v) is 6.45. The fourth-order valence-corrected chi connectivity index (χ4v) is 2.67. The standard InChI is InChI=1S/C21H24F3NO4/c1-14(29-13-21(22,23)24)20(26)25-19(16-6-10-18(28-3)11-7-16)12-15-4-8-17(27-2)9-5-15/h4-11,14,19H,12-13H2,1-3H3,(H,25,26)/t14-,19-/m0/s1. The molecule has 0 aliphatic heterocycles. The highest BCUT2D eigenvalue weighted by atomic mass is 19.4. The molecule has 0 heterocycles. The third-order valence-corrected chi connectivity index (χ3v) is 4.30. The highest BCUT2D eigenvalue weighted by molar-refractivity contribution is 5.80. The second-order valence-electron chi connectivity index (χ2n) is 6.45. The van der Waals surface area contributed by atoms with Crippen molar-refractivity contribution in [2.75, 3.05) is 20.8 Å². The number of halogens is 3. The van der Waals surface area contributed by atoms with E-state index in [0.29, 0.717) is 17.9 Å². The SMILES string of the molecule is COc1ccc(C[C@H](NC(=O)[C@H](C)OCC(F)(F)F)c2ccc(OC)cc2)cc1. The van der Waals surface area contributed by atoms with Crippen LogP contribution in [0.5, 0.6) is 11.5 Å². The molecule has 158 valence electrons. The Balaban J connectivity index is 2.15. The fourth-order valence-electron chi connectivity index (χ4n) is 2.67. The summed E-state index contributed by atoms with van der Waals surface area (Å²) in [5.74, 6) is 0.738. The summed E-state index contributed by atoms with van der Waals surface area (Å²) in [5.41, 5.74) is 1.72. The Hall–Kier alpha value is -2.74. The monoisotopic (exact) mass is 411 g/mol. The van der Waals surface area contributed by atoms with Gasteiger partial charge in [0.25, 0.3) is 0 Å². The van der Waals surface area contributed by atoms with Crippen LogP contribution in [0.15, 0.2) is 48.5 Å². The molecule has 0 spiro atoms. The summed E-state index contributed by atoms with van der Waals surface area (Å²) >= 11 is 0. The van der Waals surface area contributed by atoms with Crippen LogP contribution >= 0.6 is 0 Å². The maximum atomic E-state index is 12.4. The van der Waals surface area contributed by atoms with E-state index in [4.69, 9.17) is 9.47 Å². The molecule has 29 heavy (non-hydrogen) atoms. The molecule has 0 radical (unpaired) electrons. The minimum atomic E-state index is -4.49. The lowest BCUT2D eigenvalue weighted by molar-refractivity contribution is -0.185. The first-order chi connectivity index (χ1) is 13.7. The first-order valence-electron chi connectivity index (χ1n) is 8.97. The van der Waals surface area contributed by atoms with Crippen molar-refractivity contribution in [1.29, 1.82) is 0 Å². The predicted molar refractivity (Wildman–Crippen MR) is 102 cm³/mol. The van der Waals surface area contributed by atoms with Gasteiger partial charge in [-0.2, -0.15) is 13.2 Å². The molecule has 5 nitrogen and oxygen atoms in total. The number of methoxy groups -OCH3 is 2. The van der Waals surface area contributed by atoms with Crippen molar-refractivity contribution in [2.24, 2.45) is 0 Å². The number of carbonyl (C=O) groups excluding carboxylic acids is 1. The third kappa shape index (κ3) is 7.30. The summed E-state index contributed by atoms with van der Waals surface area (Å²) in [6.45, 7) is -0.188. The van der Waals surface area contributed by atoms with Crippen LogP contribution in [0.2, 0.25) is 0 Å². The molecule has 0 saturated heterocycles. The van der Waals surface area contributed by atoms with E-state index in [9.17, 15) is 18.0 Å². The molecule has 0 unspecified atom stereocenters. The van der Waals surface area contributed by atoms with Crippen LogP contribution in [0, 0.1) is 0 Å². The summed E-state index contributed by atoms with van der Waals surface area (Å²) in [4.78, 5) is 12.4. The topological polar surface area (TPSA) is 56.8 Å². The minimum Gasteiger partial charge on any atom is -0.497 e. The molecular formula is C21H24F3NO4. The Labute approximate surface area is 167 Å². The van der Waals surface area contributed by atoms with E-state index in [-0.39, 0.29) is 0 Å². The zero-order valence-electron chi connectivity index (χ0n) is 16.5. The molecule has 8 heteroatoms. The van der Waals surface area contributed by atoms with Crippen LogP contribution in [0.4, 0.5) is 13.2 Å². The molecule has 2 rings (SSSR count). The Morgan fingerprint density at radius 2 is 1.48 bits per heavy atom. The smallest absolute Gasteiger partial charge is 0.411 e. The molecule has 2 atom stereocenters. The lowest BCUT2D eigenvalue weighted by atomic mass is 9.98. The average Bonchev–Trinajstić information content (AvgIpc) is 2.71. The first kappa shape index (κ1) is 22.5. The van der Waals surface area contributed by atoms with Gasteiger partial charge in [0.2, 0.25) is 5.91 Å². The number of amides is 1. The summed E-state index contributed by atoms with van der Waals surface area (Å²) in [6.07, 6.45) is -5.30. The van der Waals surface area contributed by atoms with Crippen molar-refractivity contribution in [2.45, 2.75) is 31.7 Å². The molecule has 1 N–H and O–H groups in total. The van der Waals surface area contributed by atoms with Crippen LogP contribution in [0.1, 0.15) is 24.1 Å². The summed E-state index contributed by atoms with van der Waals surface area (Å²) in [6, 6.07) is 14.0. The summed E-state index contributed by atoms with van der Waals surface area (Å²) in [5, 5.41) is 2.78. The van der Waals surface area contributed by atoms with E-state index in [1.54, 1.807) is 50.6 Å². The van der Waals surface area contributed by atoms with Crippen molar-refractivity contribution in [3.05, 3.63) is 59.7 Å². The van der Waals surface area contributed by atoms with E-state index >= 15 is 0 Å². The highest BCUT2D eigenvalue weighted by Gasteiger charge is 2.30. The molecule has 2 aromatic rings. The van der Waals surface area contributed by atoms with Gasteiger partial charge >= 0.3 is 6.18 Å². The molecular weight excluding hydrogens is 387 g/mol. The number of alkyl halides is 3. The van der Waals surface area contributed by atoms with Crippen molar-refractivity contribution in [3.8, 4) is 11.5 Å². The molecule has 2 aromatic carbocycles. The Morgan fingerprint density at radius 3 is 1.97 bits per heavy atom. The zero-order chi connectivity index (χ0) is 21.4. The molecule has 0 aromatic heterocycles. The van der Waals surface area contributed by atoms with Gasteiger partial charge in [0.1, 0.15) is 24.2 Å². The van der Waals surface area contributed by atoms with E-state index < -0.39 is 30.8 Å². The Morgan fingerprint density at radius 1 is 0.966 bits per heavy atom. The van der Waals surface area contributed by atoms with Crippen molar-refractivity contribution < 1.29 is 32.2 Å². The number of hydrogen-bond donors (Lipinski definition) is 1. The van der Waals surface area contributed by atoms with Gasteiger partial charge in [0.05, 0.1) is 20.3 Å². The zero-order valence-corrected chi connectivity index (χ0v) is 16.5. The molecule has 0 saturated carbocycles. The molecule has 0 bridgehead atoms. The van der Waals surface area contributed by atoms with Gasteiger partial charge in [-0.1, -0.05) is 24.3 Å². The third-order valence-electron chi connectivity index (χ3n) is 4.30. The van der Waals surface area contributed by atoms with E-state index in [1.807, 2.05) is 12.1 Å². The molecule has 1 amide bonds. The van der Waals surface area contributed by atoms with Crippen molar-refractivity contribution in [1.82, 2.24) is 5.32 Å². The van der Waals surface area contributed by atoms with Gasteiger partial charge in [-0.05, 0) is 48.7 Å². The number of benzene rings is 2. The fraction of sp³-hybridized carbons (Fsp3) is 0.381. The van der Waals surface area contributed by atoms with Crippen molar-refractivity contribution >= 4 is 5.91 Å². The number of nitrogens with one attached hydrogen (secondary N) is 1. The Kier molecular flexibility index (Phi) is 7.90. The number of carbonyl (C=O) groups is 1. The van der Waals surface area contributed by atoms with Gasteiger partial charge in [-0.25, -0.2) is 0 Å². The lowest BCUT2D eigenvalue weighted by Gasteiger charge is -2.22. The van der Waals surface area contributed by atoms with E-state index in [0.717, 1.165) is 11.1 Å². The van der Waals surface area contributed by atoms with Crippen LogP contribution in [0.3, 0.4) is 0 Å². The second kappa shape index (κ2) is 10.2. The van der Waals surface area contributed by atoms with Gasteiger partial charge in [0, 0.05) is 0 Å². The average molecular weight is 411 g/mol. The van der Waals surface area contributed by atoms with Gasteiger partial charge < -0.3 is 19.5 Å². The van der Waals surface area contributed by atoms with Crippen molar-refractivity contribution in [3.63, 3.8) is 0 Å². The maximum Gasteiger partial charge on any atom is 0.411 e. The first-order valence-corrected chi connectivity index (χ1v) is 8.97. The number of ether oxygens (including phenoxy) is 3. The number of hydrogen-bond acceptors (Lipinski definition) is 4. The highest BCUT2D eigenvalue weighted by Crippen LogP contribution is 2.23.